The van der Waals surface area contributed by atoms with Crippen molar-refractivity contribution in [3.8, 4) is 0 Å². The van der Waals surface area contributed by atoms with E-state index in [0.717, 1.165) is 5.56 Å². The van der Waals surface area contributed by atoms with Crippen LogP contribution in [0.15, 0.2) is 47.4 Å². The average Bonchev–Trinajstić information content (AvgIpc) is 2.47. The van der Waals surface area contributed by atoms with E-state index in [-0.39, 0.29) is 10.5 Å². The Morgan fingerprint density at radius 1 is 1.09 bits per heavy atom. The molecule has 23 heavy (non-hydrogen) atoms. The lowest BCUT2D eigenvalue weighted by Crippen LogP contribution is -2.15. The van der Waals surface area contributed by atoms with Gasteiger partial charge in [-0.15, -0.1) is 0 Å². The lowest BCUT2D eigenvalue weighted by molar-refractivity contribution is 0.0696. The van der Waals surface area contributed by atoms with Gasteiger partial charge in [-0.3, -0.25) is 4.72 Å². The number of rotatable bonds is 5. The maximum absolute atomic E-state index is 12.5. The molecule has 0 aliphatic heterocycles. The molecule has 0 saturated heterocycles. The lowest BCUT2D eigenvalue weighted by Gasteiger charge is -2.12. The van der Waals surface area contributed by atoms with Gasteiger partial charge in [0.2, 0.25) is 0 Å². The van der Waals surface area contributed by atoms with Crippen LogP contribution in [-0.2, 0) is 10.0 Å². The molecule has 0 unspecified atom stereocenters. The van der Waals surface area contributed by atoms with E-state index in [1.54, 1.807) is 19.1 Å². The number of carboxylic acids is 1. The summed E-state index contributed by atoms with van der Waals surface area (Å²) in [4.78, 5) is 11.0. The van der Waals surface area contributed by atoms with Gasteiger partial charge in [0, 0.05) is 5.69 Å². The van der Waals surface area contributed by atoms with Crippen LogP contribution < -0.4 is 4.72 Å². The first-order valence-electron chi connectivity index (χ1n) is 7.17. The molecule has 2 aromatic carbocycles. The minimum Gasteiger partial charge on any atom is -0.478 e. The summed E-state index contributed by atoms with van der Waals surface area (Å²) in [7, 11) is -3.85. The molecular weight excluding hydrogens is 314 g/mol. The Labute approximate surface area is 136 Å². The van der Waals surface area contributed by atoms with E-state index in [9.17, 15) is 13.2 Å². The van der Waals surface area contributed by atoms with Crippen molar-refractivity contribution in [2.45, 2.75) is 31.6 Å². The van der Waals surface area contributed by atoms with Crippen LogP contribution in [0.25, 0.3) is 0 Å². The zero-order valence-electron chi connectivity index (χ0n) is 13.2. The first kappa shape index (κ1) is 17.0. The fraction of sp³-hybridized carbons (Fsp3) is 0.235. The highest BCUT2D eigenvalue weighted by Gasteiger charge is 2.19. The maximum atomic E-state index is 12.5. The van der Waals surface area contributed by atoms with Crippen molar-refractivity contribution in [1.29, 1.82) is 0 Å². The van der Waals surface area contributed by atoms with E-state index in [2.05, 4.69) is 18.6 Å². The van der Waals surface area contributed by atoms with Crippen molar-refractivity contribution in [3.05, 3.63) is 59.2 Å². The van der Waals surface area contributed by atoms with Gasteiger partial charge in [0.05, 0.1) is 10.5 Å². The third-order valence-corrected chi connectivity index (χ3v) is 5.08. The maximum Gasteiger partial charge on any atom is 0.335 e. The number of anilines is 1. The second-order valence-corrected chi connectivity index (χ2v) is 7.32. The smallest absolute Gasteiger partial charge is 0.335 e. The molecule has 2 N–H and O–H groups in total. The Bertz CT molecular complexity index is 824. The van der Waals surface area contributed by atoms with Crippen molar-refractivity contribution in [2.24, 2.45) is 0 Å². The summed E-state index contributed by atoms with van der Waals surface area (Å²) in [5, 5.41) is 9.02. The van der Waals surface area contributed by atoms with Gasteiger partial charge in [-0.25, -0.2) is 13.2 Å². The van der Waals surface area contributed by atoms with Crippen LogP contribution in [0, 0.1) is 6.92 Å². The highest BCUT2D eigenvalue weighted by molar-refractivity contribution is 7.92. The van der Waals surface area contributed by atoms with E-state index in [0.29, 0.717) is 17.2 Å². The largest absolute Gasteiger partial charge is 0.478 e. The van der Waals surface area contributed by atoms with Crippen LogP contribution in [0.2, 0.25) is 0 Å². The summed E-state index contributed by atoms with van der Waals surface area (Å²) in [6.45, 7) is 5.74. The predicted molar refractivity (Wildman–Crippen MR) is 89.5 cm³/mol. The number of benzene rings is 2. The Hall–Kier alpha value is -2.34. The Balaban J connectivity index is 2.35. The van der Waals surface area contributed by atoms with Gasteiger partial charge >= 0.3 is 5.97 Å². The van der Waals surface area contributed by atoms with Crippen LogP contribution in [0.4, 0.5) is 5.69 Å². The van der Waals surface area contributed by atoms with Gasteiger partial charge in [-0.05, 0) is 48.2 Å². The van der Waals surface area contributed by atoms with E-state index >= 15 is 0 Å². The summed E-state index contributed by atoms with van der Waals surface area (Å²) >= 11 is 0. The number of carbonyl (C=O) groups is 1. The minimum absolute atomic E-state index is 0.0367. The van der Waals surface area contributed by atoms with Crippen LogP contribution in [-0.4, -0.2) is 19.5 Å². The van der Waals surface area contributed by atoms with Crippen LogP contribution in [0.3, 0.4) is 0 Å². The molecule has 0 aliphatic carbocycles. The second kappa shape index (κ2) is 6.42. The van der Waals surface area contributed by atoms with Crippen molar-refractivity contribution < 1.29 is 18.3 Å². The molecule has 6 heteroatoms. The van der Waals surface area contributed by atoms with Crippen molar-refractivity contribution >= 4 is 21.7 Å². The summed E-state index contributed by atoms with van der Waals surface area (Å²) in [6, 6.07) is 11.2. The molecule has 122 valence electrons. The Morgan fingerprint density at radius 3 is 2.22 bits per heavy atom. The summed E-state index contributed by atoms with van der Waals surface area (Å²) in [5.41, 5.74) is 1.97. The number of sulfonamides is 1. The second-order valence-electron chi connectivity index (χ2n) is 5.67. The average molecular weight is 333 g/mol. The summed E-state index contributed by atoms with van der Waals surface area (Å²) < 4.78 is 27.5. The topological polar surface area (TPSA) is 83.5 Å². The number of hydrogen-bond acceptors (Lipinski definition) is 3. The SMILES string of the molecule is Cc1ccc(C(=O)O)cc1S(=O)(=O)Nc1ccc(C(C)C)cc1. The highest BCUT2D eigenvalue weighted by Crippen LogP contribution is 2.22. The van der Waals surface area contributed by atoms with E-state index in [4.69, 9.17) is 5.11 Å². The van der Waals surface area contributed by atoms with Crippen molar-refractivity contribution in [3.63, 3.8) is 0 Å². The Morgan fingerprint density at radius 2 is 1.70 bits per heavy atom. The molecule has 0 radical (unpaired) electrons. The molecule has 0 bridgehead atoms. The van der Waals surface area contributed by atoms with Gasteiger partial charge in [0.25, 0.3) is 10.0 Å². The van der Waals surface area contributed by atoms with Gasteiger partial charge in [0.1, 0.15) is 0 Å². The summed E-state index contributed by atoms with van der Waals surface area (Å²) in [5.74, 6) is -0.808. The fourth-order valence-electron chi connectivity index (χ4n) is 2.17. The normalized spacial score (nSPS) is 11.5. The monoisotopic (exact) mass is 333 g/mol. The molecule has 2 aromatic rings. The fourth-order valence-corrected chi connectivity index (χ4v) is 3.50. The zero-order chi connectivity index (χ0) is 17.2. The van der Waals surface area contributed by atoms with Crippen molar-refractivity contribution in [2.75, 3.05) is 4.72 Å². The third-order valence-electron chi connectivity index (χ3n) is 3.55. The zero-order valence-corrected chi connectivity index (χ0v) is 14.0. The van der Waals surface area contributed by atoms with Crippen LogP contribution in [0.1, 0.15) is 41.3 Å². The summed E-state index contributed by atoms with van der Waals surface area (Å²) in [6.07, 6.45) is 0. The molecule has 0 atom stereocenters. The lowest BCUT2D eigenvalue weighted by atomic mass is 10.0. The predicted octanol–water partition coefficient (Wildman–Crippen LogP) is 3.62. The van der Waals surface area contributed by atoms with Gasteiger partial charge in [-0.1, -0.05) is 32.0 Å². The number of aromatic carboxylic acids is 1. The van der Waals surface area contributed by atoms with Gasteiger partial charge in [-0.2, -0.15) is 0 Å². The third kappa shape index (κ3) is 3.90. The molecule has 0 aliphatic rings. The molecule has 0 aromatic heterocycles. The number of hydrogen-bond donors (Lipinski definition) is 2. The number of carboxylic acid groups (broad SMARTS) is 1. The molecule has 0 heterocycles. The number of aryl methyl sites for hydroxylation is 1. The first-order valence-corrected chi connectivity index (χ1v) is 8.66. The van der Waals surface area contributed by atoms with E-state index in [1.807, 2.05) is 12.1 Å². The van der Waals surface area contributed by atoms with Crippen molar-refractivity contribution in [1.82, 2.24) is 0 Å². The molecule has 0 spiro atoms. The Kier molecular flexibility index (Phi) is 4.75. The first-order chi connectivity index (χ1) is 10.7. The minimum atomic E-state index is -3.85. The molecule has 0 fully saturated rings. The molecule has 0 amide bonds. The molecule has 0 saturated carbocycles. The molecular formula is C17H19NO4S. The van der Waals surface area contributed by atoms with Crippen LogP contribution >= 0.6 is 0 Å². The molecule has 2 rings (SSSR count). The standard InChI is InChI=1S/C17H19NO4S/c1-11(2)13-6-8-15(9-7-13)18-23(21,22)16-10-14(17(19)20)5-4-12(16)3/h4-11,18H,1-3H3,(H,19,20). The molecule has 5 nitrogen and oxygen atoms in total. The quantitative estimate of drug-likeness (QED) is 0.875. The number of nitrogens with one attached hydrogen (secondary N) is 1. The highest BCUT2D eigenvalue weighted by atomic mass is 32.2. The van der Waals surface area contributed by atoms with Gasteiger partial charge < -0.3 is 5.11 Å². The van der Waals surface area contributed by atoms with E-state index < -0.39 is 16.0 Å². The van der Waals surface area contributed by atoms with Crippen LogP contribution in [0.5, 0.6) is 0 Å². The van der Waals surface area contributed by atoms with Gasteiger partial charge in [0.15, 0.2) is 0 Å². The van der Waals surface area contributed by atoms with E-state index in [1.165, 1.54) is 18.2 Å².